The van der Waals surface area contributed by atoms with Gasteiger partial charge >= 0.3 is 0 Å². The zero-order valence-electron chi connectivity index (χ0n) is 19.9. The zero-order valence-corrected chi connectivity index (χ0v) is 21.5. The van der Waals surface area contributed by atoms with Gasteiger partial charge in [-0.05, 0) is 59.3 Å². The summed E-state index contributed by atoms with van der Waals surface area (Å²) >= 11 is 3.83. The van der Waals surface area contributed by atoms with Crippen LogP contribution in [0.4, 0.5) is 17.1 Å². The minimum Gasteiger partial charge on any atom is -0.310 e. The molecule has 0 atom stereocenters. The van der Waals surface area contributed by atoms with Gasteiger partial charge in [0.1, 0.15) is 0 Å². The van der Waals surface area contributed by atoms with Gasteiger partial charge in [0.15, 0.2) is 0 Å². The molecule has 6 aromatic carbocycles. The lowest BCUT2D eigenvalue weighted by atomic mass is 10.0. The number of benzene rings is 6. The van der Waals surface area contributed by atoms with E-state index < -0.39 is 0 Å². The molecular weight excluding hydrogens is 487 g/mol. The Morgan fingerprint density at radius 2 is 1.05 bits per heavy atom. The van der Waals surface area contributed by atoms with Crippen molar-refractivity contribution in [2.75, 3.05) is 4.90 Å². The lowest BCUT2D eigenvalue weighted by molar-refractivity contribution is 1.29. The molecule has 0 bridgehead atoms. The second-order valence-corrected chi connectivity index (χ2v) is 11.5. The van der Waals surface area contributed by atoms with Crippen LogP contribution in [0, 0.1) is 0 Å². The SMILES string of the molecule is c1ccc(N(c2ccccc2)c2ccc3sc4ccc5c6ccc7ccccc7c6sc5c4c3c2)cc1. The predicted octanol–water partition coefficient (Wildman–Crippen LogP) is 11.0. The monoisotopic (exact) mass is 507 g/mol. The van der Waals surface area contributed by atoms with E-state index in [0.29, 0.717) is 0 Å². The van der Waals surface area contributed by atoms with E-state index in [1.807, 2.05) is 22.7 Å². The fourth-order valence-electron chi connectivity index (χ4n) is 5.55. The average molecular weight is 508 g/mol. The van der Waals surface area contributed by atoms with Crippen molar-refractivity contribution in [3.63, 3.8) is 0 Å². The number of para-hydroxylation sites is 2. The second kappa shape index (κ2) is 8.17. The van der Waals surface area contributed by atoms with Crippen LogP contribution in [0.2, 0.25) is 0 Å². The summed E-state index contributed by atoms with van der Waals surface area (Å²) in [6.45, 7) is 0. The van der Waals surface area contributed by atoms with Crippen LogP contribution < -0.4 is 4.90 Å². The molecule has 0 spiro atoms. The smallest absolute Gasteiger partial charge is 0.0468 e. The van der Waals surface area contributed by atoms with Gasteiger partial charge in [0.25, 0.3) is 0 Å². The van der Waals surface area contributed by atoms with Gasteiger partial charge in [0, 0.05) is 57.4 Å². The fourth-order valence-corrected chi connectivity index (χ4v) is 8.11. The molecule has 0 unspecified atom stereocenters. The summed E-state index contributed by atoms with van der Waals surface area (Å²) in [5, 5.41) is 8.06. The molecule has 174 valence electrons. The number of thiophene rings is 2. The third-order valence-corrected chi connectivity index (χ3v) is 9.64. The van der Waals surface area contributed by atoms with Crippen molar-refractivity contribution in [2.24, 2.45) is 0 Å². The molecule has 3 heteroatoms. The molecule has 8 aromatic rings. The maximum atomic E-state index is 2.39. The summed E-state index contributed by atoms with van der Waals surface area (Å²) in [7, 11) is 0. The van der Waals surface area contributed by atoms with Crippen LogP contribution in [-0.4, -0.2) is 0 Å². The maximum Gasteiger partial charge on any atom is 0.0468 e. The predicted molar refractivity (Wildman–Crippen MR) is 164 cm³/mol. The van der Waals surface area contributed by atoms with Crippen molar-refractivity contribution in [2.45, 2.75) is 0 Å². The number of anilines is 3. The summed E-state index contributed by atoms with van der Waals surface area (Å²) in [5.41, 5.74) is 3.49. The Morgan fingerprint density at radius 3 is 1.84 bits per heavy atom. The van der Waals surface area contributed by atoms with E-state index in [4.69, 9.17) is 0 Å². The van der Waals surface area contributed by atoms with Crippen LogP contribution >= 0.6 is 22.7 Å². The van der Waals surface area contributed by atoms with Crippen molar-refractivity contribution < 1.29 is 0 Å². The Labute approximate surface area is 222 Å². The van der Waals surface area contributed by atoms with E-state index in [1.54, 1.807) is 0 Å². The number of nitrogens with zero attached hydrogens (tertiary/aromatic N) is 1. The second-order valence-electron chi connectivity index (χ2n) is 9.37. The molecule has 37 heavy (non-hydrogen) atoms. The quantitative estimate of drug-likeness (QED) is 0.230. The van der Waals surface area contributed by atoms with Crippen LogP contribution in [0.25, 0.3) is 51.1 Å². The highest BCUT2D eigenvalue weighted by Crippen LogP contribution is 2.47. The summed E-state index contributed by atoms with van der Waals surface area (Å²) in [5.74, 6) is 0. The average Bonchev–Trinajstić information content (AvgIpc) is 3.52. The van der Waals surface area contributed by atoms with Crippen LogP contribution in [0.1, 0.15) is 0 Å². The summed E-state index contributed by atoms with van der Waals surface area (Å²) in [6.07, 6.45) is 0. The zero-order chi connectivity index (χ0) is 24.3. The Hall–Kier alpha value is -4.18. The minimum atomic E-state index is 1.16. The van der Waals surface area contributed by atoms with Crippen molar-refractivity contribution in [3.05, 3.63) is 127 Å². The van der Waals surface area contributed by atoms with E-state index in [0.717, 1.165) is 11.4 Å². The van der Waals surface area contributed by atoms with Gasteiger partial charge in [0.2, 0.25) is 0 Å². The number of hydrogen-bond acceptors (Lipinski definition) is 3. The van der Waals surface area contributed by atoms with E-state index in [9.17, 15) is 0 Å². The lowest BCUT2D eigenvalue weighted by Gasteiger charge is -2.25. The molecule has 0 fully saturated rings. The van der Waals surface area contributed by atoms with Crippen molar-refractivity contribution >= 4 is 90.9 Å². The summed E-state index contributed by atoms with van der Waals surface area (Å²) in [4.78, 5) is 2.35. The Bertz CT molecular complexity index is 2050. The Morgan fingerprint density at radius 1 is 0.405 bits per heavy atom. The van der Waals surface area contributed by atoms with Gasteiger partial charge in [-0.3, -0.25) is 0 Å². The molecule has 0 saturated carbocycles. The highest BCUT2D eigenvalue weighted by Gasteiger charge is 2.17. The molecule has 0 aliphatic carbocycles. The molecule has 0 saturated heterocycles. The fraction of sp³-hybridized carbons (Fsp3) is 0. The first-order chi connectivity index (χ1) is 18.3. The molecule has 2 aromatic heterocycles. The van der Waals surface area contributed by atoms with Crippen LogP contribution in [0.3, 0.4) is 0 Å². The molecule has 0 aliphatic heterocycles. The van der Waals surface area contributed by atoms with E-state index in [-0.39, 0.29) is 0 Å². The third kappa shape index (κ3) is 3.21. The van der Waals surface area contributed by atoms with Gasteiger partial charge in [0.05, 0.1) is 0 Å². The highest BCUT2D eigenvalue weighted by atomic mass is 32.1. The topological polar surface area (TPSA) is 3.24 Å². The van der Waals surface area contributed by atoms with E-state index >= 15 is 0 Å². The van der Waals surface area contributed by atoms with E-state index in [1.165, 1.54) is 56.8 Å². The largest absolute Gasteiger partial charge is 0.310 e. The molecular formula is C34H21NS2. The number of fused-ring (bicyclic) bond motifs is 9. The molecule has 8 rings (SSSR count). The van der Waals surface area contributed by atoms with Gasteiger partial charge in [-0.15, -0.1) is 22.7 Å². The number of hydrogen-bond donors (Lipinski definition) is 0. The van der Waals surface area contributed by atoms with Gasteiger partial charge < -0.3 is 4.90 Å². The van der Waals surface area contributed by atoms with Crippen LogP contribution in [0.15, 0.2) is 127 Å². The molecule has 0 amide bonds. The van der Waals surface area contributed by atoms with Crippen molar-refractivity contribution in [3.8, 4) is 0 Å². The standard InChI is InChI=1S/C34H21NS2/c1-3-10-23(11-4-1)35(24-12-5-2-6-13-24)25-16-19-30-29(21-25)32-31(36-30)20-18-28-27-17-15-22-9-7-8-14-26(22)33(27)37-34(28)32/h1-21H. The normalized spacial score (nSPS) is 11.8. The highest BCUT2D eigenvalue weighted by molar-refractivity contribution is 7.30. The molecule has 0 N–H and O–H groups in total. The van der Waals surface area contributed by atoms with Gasteiger partial charge in [-0.25, -0.2) is 0 Å². The Kier molecular flexibility index (Phi) is 4.63. The van der Waals surface area contributed by atoms with Crippen molar-refractivity contribution in [1.29, 1.82) is 0 Å². The molecule has 1 nitrogen and oxygen atoms in total. The van der Waals surface area contributed by atoms with E-state index in [2.05, 4.69) is 132 Å². The van der Waals surface area contributed by atoms with Crippen molar-refractivity contribution in [1.82, 2.24) is 0 Å². The first-order valence-electron chi connectivity index (χ1n) is 12.4. The summed E-state index contributed by atoms with van der Waals surface area (Å²) < 4.78 is 5.45. The minimum absolute atomic E-state index is 1.16. The number of rotatable bonds is 3. The van der Waals surface area contributed by atoms with Gasteiger partial charge in [-0.1, -0.05) is 78.9 Å². The Balaban J connectivity index is 1.43. The lowest BCUT2D eigenvalue weighted by Crippen LogP contribution is -2.09. The van der Waals surface area contributed by atoms with Crippen LogP contribution in [0.5, 0.6) is 0 Å². The molecule has 0 aliphatic rings. The molecule has 2 heterocycles. The summed E-state index contributed by atoms with van der Waals surface area (Å²) in [6, 6.07) is 46.2. The first-order valence-corrected chi connectivity index (χ1v) is 14.1. The van der Waals surface area contributed by atoms with Gasteiger partial charge in [-0.2, -0.15) is 0 Å². The molecule has 0 radical (unpaired) electrons. The third-order valence-electron chi connectivity index (χ3n) is 7.23. The maximum absolute atomic E-state index is 2.39. The first kappa shape index (κ1) is 21.0. The van der Waals surface area contributed by atoms with Crippen LogP contribution in [-0.2, 0) is 0 Å².